The van der Waals surface area contributed by atoms with Gasteiger partial charge in [0.1, 0.15) is 16.2 Å². The predicted octanol–water partition coefficient (Wildman–Crippen LogP) is 4.88. The number of hydrogen-bond donors (Lipinski definition) is 2. The molecule has 156 valence electrons. The summed E-state index contributed by atoms with van der Waals surface area (Å²) < 4.78 is 0. The molecule has 8 heteroatoms. The zero-order valence-corrected chi connectivity index (χ0v) is 18.6. The molecule has 4 aromatic rings. The molecular weight excluding hydrogens is 428 g/mol. The summed E-state index contributed by atoms with van der Waals surface area (Å²) in [5.41, 5.74) is 9.62. The van der Waals surface area contributed by atoms with Crippen molar-refractivity contribution in [2.45, 2.75) is 24.1 Å². The maximum Gasteiger partial charge on any atom is 0.248 e. The number of anilines is 1. The average molecular weight is 449 g/mol. The first kappa shape index (κ1) is 21.0. The number of amides is 2. The Morgan fingerprint density at radius 3 is 2.45 bits per heavy atom. The largest absolute Gasteiger partial charge is 0.366 e. The highest BCUT2D eigenvalue weighted by Gasteiger charge is 2.20. The quantitative estimate of drug-likeness (QED) is 0.323. The third-order valence-corrected chi connectivity index (χ3v) is 6.78. The third-order valence-electron chi connectivity index (χ3n) is 4.79. The highest BCUT2D eigenvalue weighted by atomic mass is 32.2. The molecule has 0 saturated carbocycles. The molecule has 2 amide bonds. The summed E-state index contributed by atoms with van der Waals surface area (Å²) >= 11 is 2.96. The lowest BCUT2D eigenvalue weighted by Crippen LogP contribution is -2.22. The first-order valence-corrected chi connectivity index (χ1v) is 11.3. The summed E-state index contributed by atoms with van der Waals surface area (Å²) in [6, 6.07) is 14.8. The number of carbonyl (C=O) groups excluding carboxylic acids is 2. The molecule has 0 bridgehead atoms. The molecule has 4 rings (SSSR count). The highest BCUT2D eigenvalue weighted by molar-refractivity contribution is 8.00. The van der Waals surface area contributed by atoms with Gasteiger partial charge in [0.15, 0.2) is 0 Å². The molecule has 0 spiro atoms. The second-order valence-electron chi connectivity index (χ2n) is 7.07. The number of benzene rings is 2. The van der Waals surface area contributed by atoms with Crippen LogP contribution in [0.2, 0.25) is 0 Å². The van der Waals surface area contributed by atoms with Gasteiger partial charge in [-0.2, -0.15) is 0 Å². The molecular formula is C23H20N4O2S2. The van der Waals surface area contributed by atoms with Crippen LogP contribution in [0.3, 0.4) is 0 Å². The summed E-state index contributed by atoms with van der Waals surface area (Å²) in [7, 11) is 0. The summed E-state index contributed by atoms with van der Waals surface area (Å²) in [6.07, 6.45) is 1.53. The summed E-state index contributed by atoms with van der Waals surface area (Å²) in [4.78, 5) is 33.7. The number of aryl methyl sites for hydroxylation is 1. The second kappa shape index (κ2) is 8.87. The molecule has 0 aliphatic rings. The van der Waals surface area contributed by atoms with Gasteiger partial charge in [0, 0.05) is 22.2 Å². The minimum atomic E-state index is -0.505. The van der Waals surface area contributed by atoms with Gasteiger partial charge < -0.3 is 11.1 Å². The molecule has 0 radical (unpaired) electrons. The molecule has 2 aromatic carbocycles. The van der Waals surface area contributed by atoms with Crippen LogP contribution in [0.4, 0.5) is 5.69 Å². The molecule has 1 atom stereocenters. The van der Waals surface area contributed by atoms with Crippen molar-refractivity contribution in [1.82, 2.24) is 9.97 Å². The van der Waals surface area contributed by atoms with Gasteiger partial charge in [-0.1, -0.05) is 41.6 Å². The number of nitrogens with one attached hydrogen (secondary N) is 1. The van der Waals surface area contributed by atoms with Gasteiger partial charge in [-0.25, -0.2) is 9.97 Å². The molecule has 6 nitrogen and oxygen atoms in total. The fourth-order valence-electron chi connectivity index (χ4n) is 3.07. The highest BCUT2D eigenvalue weighted by Crippen LogP contribution is 2.39. The van der Waals surface area contributed by atoms with E-state index in [1.807, 2.05) is 6.92 Å². The van der Waals surface area contributed by atoms with E-state index in [1.54, 1.807) is 35.6 Å². The van der Waals surface area contributed by atoms with Crippen molar-refractivity contribution in [3.8, 4) is 11.1 Å². The fraction of sp³-hybridized carbons (Fsp3) is 0.130. The topological polar surface area (TPSA) is 98.0 Å². The number of thioether (sulfide) groups is 1. The summed E-state index contributed by atoms with van der Waals surface area (Å²) in [6.45, 7) is 3.89. The van der Waals surface area contributed by atoms with E-state index >= 15 is 0 Å². The molecule has 1 unspecified atom stereocenters. The predicted molar refractivity (Wildman–Crippen MR) is 126 cm³/mol. The zero-order chi connectivity index (χ0) is 22.0. The van der Waals surface area contributed by atoms with Crippen molar-refractivity contribution in [3.63, 3.8) is 0 Å². The maximum absolute atomic E-state index is 12.7. The Morgan fingerprint density at radius 2 is 1.77 bits per heavy atom. The van der Waals surface area contributed by atoms with Gasteiger partial charge in [0.05, 0.1) is 10.6 Å². The lowest BCUT2D eigenvalue weighted by atomic mass is 10.1. The Morgan fingerprint density at radius 1 is 1.06 bits per heavy atom. The number of thiophene rings is 1. The Kier molecular flexibility index (Phi) is 6.01. The van der Waals surface area contributed by atoms with Crippen LogP contribution in [-0.2, 0) is 4.79 Å². The van der Waals surface area contributed by atoms with Gasteiger partial charge >= 0.3 is 0 Å². The smallest absolute Gasteiger partial charge is 0.248 e. The lowest BCUT2D eigenvalue weighted by molar-refractivity contribution is -0.115. The van der Waals surface area contributed by atoms with Gasteiger partial charge in [0.25, 0.3) is 0 Å². The van der Waals surface area contributed by atoms with E-state index in [0.717, 1.165) is 26.4 Å². The number of nitrogens with two attached hydrogens (primary N) is 1. The van der Waals surface area contributed by atoms with Crippen molar-refractivity contribution in [2.75, 3.05) is 5.32 Å². The lowest BCUT2D eigenvalue weighted by Gasteiger charge is -2.13. The number of aromatic nitrogens is 2. The van der Waals surface area contributed by atoms with Crippen LogP contribution >= 0.6 is 23.1 Å². The van der Waals surface area contributed by atoms with Crippen molar-refractivity contribution in [2.24, 2.45) is 5.73 Å². The van der Waals surface area contributed by atoms with Crippen LogP contribution in [0.25, 0.3) is 21.3 Å². The third kappa shape index (κ3) is 4.60. The van der Waals surface area contributed by atoms with Gasteiger partial charge in [-0.3, -0.25) is 9.59 Å². The second-order valence-corrected chi connectivity index (χ2v) is 9.25. The van der Waals surface area contributed by atoms with Crippen molar-refractivity contribution in [1.29, 1.82) is 0 Å². The Hall–Kier alpha value is -3.23. The molecule has 2 heterocycles. The first-order valence-electron chi connectivity index (χ1n) is 9.59. The van der Waals surface area contributed by atoms with Crippen LogP contribution in [0.1, 0.15) is 22.8 Å². The van der Waals surface area contributed by atoms with E-state index in [1.165, 1.54) is 23.7 Å². The molecule has 31 heavy (non-hydrogen) atoms. The molecule has 2 aromatic heterocycles. The molecule has 0 aliphatic carbocycles. The fourth-order valence-corrected chi connectivity index (χ4v) is 4.98. The summed E-state index contributed by atoms with van der Waals surface area (Å²) in [5, 5.41) is 6.30. The van der Waals surface area contributed by atoms with Crippen molar-refractivity contribution < 1.29 is 9.59 Å². The van der Waals surface area contributed by atoms with Crippen molar-refractivity contribution in [3.05, 3.63) is 71.4 Å². The van der Waals surface area contributed by atoms with E-state index < -0.39 is 5.91 Å². The number of fused-ring (bicyclic) bond motifs is 1. The molecule has 0 saturated heterocycles. The van der Waals surface area contributed by atoms with E-state index in [4.69, 9.17) is 5.73 Å². The zero-order valence-electron chi connectivity index (χ0n) is 17.0. The van der Waals surface area contributed by atoms with E-state index in [0.29, 0.717) is 11.3 Å². The molecule has 3 N–H and O–H groups in total. The van der Waals surface area contributed by atoms with Gasteiger partial charge in [-0.05, 0) is 43.7 Å². The monoisotopic (exact) mass is 448 g/mol. The number of nitrogens with zero attached hydrogens (tertiary/aromatic N) is 2. The van der Waals surface area contributed by atoms with Gasteiger partial charge in [-0.15, -0.1) is 11.3 Å². The van der Waals surface area contributed by atoms with Crippen LogP contribution in [0, 0.1) is 6.92 Å². The minimum Gasteiger partial charge on any atom is -0.366 e. The number of hydrogen-bond acceptors (Lipinski definition) is 6. The normalized spacial score (nSPS) is 11.9. The van der Waals surface area contributed by atoms with Crippen molar-refractivity contribution >= 4 is 50.8 Å². The Bertz CT molecular complexity index is 1250. The number of carbonyl (C=O) groups is 2. The first-order chi connectivity index (χ1) is 14.9. The molecule has 0 aliphatic heterocycles. The van der Waals surface area contributed by atoms with Crippen LogP contribution in [0.5, 0.6) is 0 Å². The minimum absolute atomic E-state index is 0.157. The number of rotatable bonds is 6. The number of primary amides is 1. The maximum atomic E-state index is 12.7. The van der Waals surface area contributed by atoms with E-state index in [9.17, 15) is 9.59 Å². The van der Waals surface area contributed by atoms with Gasteiger partial charge in [0.2, 0.25) is 11.8 Å². The van der Waals surface area contributed by atoms with Crippen LogP contribution in [-0.4, -0.2) is 27.0 Å². The standard InChI is InChI=1S/C23H20N4O2S2/c1-13-3-5-15(6-4-13)18-11-30-22-19(18)23(26-12-25-22)31-14(2)21(29)27-17-9-7-16(8-10-17)20(24)28/h3-12,14H,1-2H3,(H2,24,28)(H,27,29). The summed E-state index contributed by atoms with van der Waals surface area (Å²) in [5.74, 6) is -0.662. The van der Waals surface area contributed by atoms with Crippen LogP contribution in [0.15, 0.2) is 65.3 Å². The van der Waals surface area contributed by atoms with E-state index in [-0.39, 0.29) is 11.2 Å². The van der Waals surface area contributed by atoms with E-state index in [2.05, 4.69) is 51.9 Å². The Balaban J connectivity index is 1.56. The molecule has 0 fully saturated rings. The SMILES string of the molecule is Cc1ccc(-c2csc3ncnc(SC(C)C(=O)Nc4ccc(C(N)=O)cc4)c23)cc1. The Labute approximate surface area is 187 Å². The average Bonchev–Trinajstić information content (AvgIpc) is 3.20. The van der Waals surface area contributed by atoms with Crippen LogP contribution < -0.4 is 11.1 Å².